The average molecular weight is 362 g/mol. The summed E-state index contributed by atoms with van der Waals surface area (Å²) in [5, 5.41) is 6.07. The van der Waals surface area contributed by atoms with E-state index in [2.05, 4.69) is 41.6 Å². The quantitative estimate of drug-likeness (QED) is 0.779. The molecule has 0 atom stereocenters. The lowest BCUT2D eigenvalue weighted by atomic mass is 10.1. The molecule has 2 N–H and O–H groups in total. The Labute approximate surface area is 153 Å². The van der Waals surface area contributed by atoms with Crippen LogP contribution in [0.3, 0.4) is 0 Å². The third kappa shape index (κ3) is 5.96. The van der Waals surface area contributed by atoms with Gasteiger partial charge in [0.05, 0.1) is 12.1 Å². The Hall–Kier alpha value is -2.24. The minimum atomic E-state index is -0.280. The van der Waals surface area contributed by atoms with Crippen LogP contribution in [-0.2, 0) is 13.1 Å². The van der Waals surface area contributed by atoms with E-state index in [0.717, 1.165) is 18.7 Å². The highest BCUT2D eigenvalue weighted by Crippen LogP contribution is 2.27. The van der Waals surface area contributed by atoms with Gasteiger partial charge in [0, 0.05) is 18.8 Å². The highest BCUT2D eigenvalue weighted by atomic mass is 35.5. The molecule has 25 heavy (non-hydrogen) atoms. The largest absolute Gasteiger partial charge is 0.495 e. The number of nitrogens with one attached hydrogen (secondary N) is 2. The third-order valence-corrected chi connectivity index (χ3v) is 4.14. The number of hydrogen-bond donors (Lipinski definition) is 2. The highest BCUT2D eigenvalue weighted by molar-refractivity contribution is 6.32. The topological polar surface area (TPSA) is 53.6 Å². The molecule has 0 fully saturated rings. The van der Waals surface area contributed by atoms with E-state index in [1.807, 2.05) is 12.1 Å². The first kappa shape index (κ1) is 19.1. The van der Waals surface area contributed by atoms with Crippen molar-refractivity contribution in [1.29, 1.82) is 0 Å². The Kier molecular flexibility index (Phi) is 7.10. The zero-order valence-electron chi connectivity index (χ0n) is 14.8. The van der Waals surface area contributed by atoms with Crippen LogP contribution in [0, 0.1) is 0 Å². The van der Waals surface area contributed by atoms with E-state index in [9.17, 15) is 4.79 Å². The second-order valence-corrected chi connectivity index (χ2v) is 6.21. The van der Waals surface area contributed by atoms with E-state index >= 15 is 0 Å². The molecule has 0 aliphatic heterocycles. The van der Waals surface area contributed by atoms with Gasteiger partial charge in [-0.2, -0.15) is 0 Å². The van der Waals surface area contributed by atoms with Crippen molar-refractivity contribution in [3.05, 3.63) is 58.6 Å². The summed E-state index contributed by atoms with van der Waals surface area (Å²) in [7, 11) is 3.63. The summed E-state index contributed by atoms with van der Waals surface area (Å²) >= 11 is 6.06. The summed E-state index contributed by atoms with van der Waals surface area (Å²) in [6, 6.07) is 13.0. The van der Waals surface area contributed by atoms with Gasteiger partial charge in [-0.15, -0.1) is 0 Å². The summed E-state index contributed by atoms with van der Waals surface area (Å²) in [6.07, 6.45) is 0. The third-order valence-electron chi connectivity index (χ3n) is 3.85. The van der Waals surface area contributed by atoms with Crippen LogP contribution in [0.25, 0.3) is 0 Å². The van der Waals surface area contributed by atoms with Crippen LogP contribution in [-0.4, -0.2) is 31.6 Å². The van der Waals surface area contributed by atoms with E-state index < -0.39 is 0 Å². The van der Waals surface area contributed by atoms with E-state index in [-0.39, 0.29) is 6.03 Å². The SMILES string of the molecule is CCN(C)Cc1cccc(CNC(=O)Nc2ccc(OC)c(Cl)c2)c1. The molecule has 0 radical (unpaired) electrons. The smallest absolute Gasteiger partial charge is 0.319 e. The van der Waals surface area contributed by atoms with Crippen molar-refractivity contribution in [3.8, 4) is 5.75 Å². The molecule has 6 heteroatoms. The van der Waals surface area contributed by atoms with Crippen molar-refractivity contribution >= 4 is 23.3 Å². The normalized spacial score (nSPS) is 10.6. The molecule has 0 aliphatic carbocycles. The van der Waals surface area contributed by atoms with Gasteiger partial charge >= 0.3 is 6.03 Å². The van der Waals surface area contributed by atoms with Crippen molar-refractivity contribution in [1.82, 2.24) is 10.2 Å². The fourth-order valence-electron chi connectivity index (χ4n) is 2.36. The van der Waals surface area contributed by atoms with Crippen LogP contribution in [0.4, 0.5) is 10.5 Å². The van der Waals surface area contributed by atoms with Gasteiger partial charge in [-0.25, -0.2) is 4.79 Å². The second-order valence-electron chi connectivity index (χ2n) is 5.81. The summed E-state index contributed by atoms with van der Waals surface area (Å²) < 4.78 is 5.09. The lowest BCUT2D eigenvalue weighted by molar-refractivity contribution is 0.251. The number of ether oxygens (including phenoxy) is 1. The first-order chi connectivity index (χ1) is 12.0. The molecule has 0 bridgehead atoms. The fourth-order valence-corrected chi connectivity index (χ4v) is 2.62. The van der Waals surface area contributed by atoms with E-state index in [4.69, 9.17) is 16.3 Å². The highest BCUT2D eigenvalue weighted by Gasteiger charge is 2.06. The molecule has 0 spiro atoms. The van der Waals surface area contributed by atoms with E-state index in [1.165, 1.54) is 5.56 Å². The van der Waals surface area contributed by atoms with Crippen LogP contribution in [0.5, 0.6) is 5.75 Å². The number of anilines is 1. The van der Waals surface area contributed by atoms with Crippen LogP contribution < -0.4 is 15.4 Å². The minimum Gasteiger partial charge on any atom is -0.495 e. The number of nitrogens with zero attached hydrogens (tertiary/aromatic N) is 1. The van der Waals surface area contributed by atoms with Crippen molar-refractivity contribution in [2.24, 2.45) is 0 Å². The number of benzene rings is 2. The van der Waals surface area contributed by atoms with Crippen LogP contribution in [0.15, 0.2) is 42.5 Å². The van der Waals surface area contributed by atoms with Gasteiger partial charge in [0.25, 0.3) is 0 Å². The number of carbonyl (C=O) groups is 1. The number of amides is 2. The first-order valence-corrected chi connectivity index (χ1v) is 8.54. The molecule has 2 amide bonds. The Morgan fingerprint density at radius 1 is 1.20 bits per heavy atom. The molecule has 0 saturated carbocycles. The summed E-state index contributed by atoms with van der Waals surface area (Å²) in [6.45, 7) is 4.47. The van der Waals surface area contributed by atoms with Crippen LogP contribution in [0.2, 0.25) is 5.02 Å². The maximum Gasteiger partial charge on any atom is 0.319 e. The Morgan fingerprint density at radius 2 is 1.96 bits per heavy atom. The van der Waals surface area contributed by atoms with Gasteiger partial charge in [-0.3, -0.25) is 0 Å². The number of hydrogen-bond acceptors (Lipinski definition) is 3. The first-order valence-electron chi connectivity index (χ1n) is 8.16. The molecule has 2 aromatic rings. The van der Waals surface area contributed by atoms with Crippen LogP contribution in [0.1, 0.15) is 18.1 Å². The lowest BCUT2D eigenvalue weighted by Gasteiger charge is -2.14. The van der Waals surface area contributed by atoms with Gasteiger partial charge < -0.3 is 20.3 Å². The molecule has 0 unspecified atom stereocenters. The summed E-state index contributed by atoms with van der Waals surface area (Å²) in [4.78, 5) is 14.3. The van der Waals surface area contributed by atoms with Crippen molar-refractivity contribution < 1.29 is 9.53 Å². The average Bonchev–Trinajstić information content (AvgIpc) is 2.60. The molecule has 0 aromatic heterocycles. The summed E-state index contributed by atoms with van der Waals surface area (Å²) in [5.74, 6) is 0.571. The maximum absolute atomic E-state index is 12.1. The Bertz CT molecular complexity index is 722. The van der Waals surface area contributed by atoms with E-state index in [1.54, 1.807) is 25.3 Å². The number of rotatable bonds is 7. The van der Waals surface area contributed by atoms with Gasteiger partial charge in [0.1, 0.15) is 5.75 Å². The monoisotopic (exact) mass is 361 g/mol. The minimum absolute atomic E-state index is 0.280. The number of urea groups is 1. The zero-order chi connectivity index (χ0) is 18.2. The standard InChI is InChI=1S/C19H24ClN3O2/c1-4-23(2)13-15-7-5-6-14(10-15)12-21-19(24)22-16-8-9-18(25-3)17(20)11-16/h5-11H,4,12-13H2,1-3H3,(H2,21,22,24). The van der Waals surface area contributed by atoms with Crippen molar-refractivity contribution in [2.75, 3.05) is 26.0 Å². The predicted octanol–water partition coefficient (Wildman–Crippen LogP) is 4.12. The summed E-state index contributed by atoms with van der Waals surface area (Å²) in [5.41, 5.74) is 2.90. The molecule has 0 saturated heterocycles. The molecule has 2 aromatic carbocycles. The van der Waals surface area contributed by atoms with Crippen LogP contribution >= 0.6 is 11.6 Å². The lowest BCUT2D eigenvalue weighted by Crippen LogP contribution is -2.28. The van der Waals surface area contributed by atoms with E-state index in [0.29, 0.717) is 23.0 Å². The molecular weight excluding hydrogens is 338 g/mol. The van der Waals surface area contributed by atoms with Gasteiger partial charge in [0.2, 0.25) is 0 Å². The van der Waals surface area contributed by atoms with Gasteiger partial charge in [-0.05, 0) is 42.9 Å². The number of methoxy groups -OCH3 is 1. The number of halogens is 1. The van der Waals surface area contributed by atoms with Gasteiger partial charge in [0.15, 0.2) is 0 Å². The molecule has 134 valence electrons. The van der Waals surface area contributed by atoms with Crippen molar-refractivity contribution in [3.63, 3.8) is 0 Å². The molecule has 2 rings (SSSR count). The van der Waals surface area contributed by atoms with Gasteiger partial charge in [-0.1, -0.05) is 42.8 Å². The predicted molar refractivity (Wildman–Crippen MR) is 102 cm³/mol. The Morgan fingerprint density at radius 3 is 2.64 bits per heavy atom. The fraction of sp³-hybridized carbons (Fsp3) is 0.316. The van der Waals surface area contributed by atoms with Crippen molar-refractivity contribution in [2.45, 2.75) is 20.0 Å². The molecular formula is C19H24ClN3O2. The zero-order valence-corrected chi connectivity index (χ0v) is 15.6. The Balaban J connectivity index is 1.89. The molecule has 5 nitrogen and oxygen atoms in total. The second kappa shape index (κ2) is 9.30. The molecule has 0 heterocycles. The number of carbonyl (C=O) groups excluding carboxylic acids is 1. The maximum atomic E-state index is 12.1. The molecule has 0 aliphatic rings.